The lowest BCUT2D eigenvalue weighted by Crippen LogP contribution is -2.44. The zero-order chi connectivity index (χ0) is 35.4. The van der Waals surface area contributed by atoms with Crippen LogP contribution < -0.4 is 24.8 Å². The number of aromatic nitrogens is 1. The molecule has 0 saturated heterocycles. The van der Waals surface area contributed by atoms with Gasteiger partial charge in [-0.25, -0.2) is 4.79 Å². The van der Waals surface area contributed by atoms with Crippen molar-refractivity contribution in [3.8, 4) is 23.0 Å². The van der Waals surface area contributed by atoms with E-state index in [0.717, 1.165) is 36.6 Å². The van der Waals surface area contributed by atoms with Crippen molar-refractivity contribution in [1.29, 1.82) is 0 Å². The molecule has 1 unspecified atom stereocenters. The molecule has 51 heavy (non-hydrogen) atoms. The smallest absolute Gasteiger partial charge is 0.329 e. The Morgan fingerprint density at radius 2 is 1.57 bits per heavy atom. The summed E-state index contributed by atoms with van der Waals surface area (Å²) in [5.41, 5.74) is 2.80. The fourth-order valence-corrected chi connectivity index (χ4v) is 5.99. The fraction of sp³-hybridized carbons (Fsp3) is 0.268. The lowest BCUT2D eigenvalue weighted by Gasteiger charge is -2.20. The van der Waals surface area contributed by atoms with E-state index in [-0.39, 0.29) is 30.9 Å². The third-order valence-corrected chi connectivity index (χ3v) is 8.66. The molecule has 262 valence electrons. The lowest BCUT2D eigenvalue weighted by atomic mass is 10.1. The molecule has 1 heterocycles. The van der Waals surface area contributed by atoms with Crippen molar-refractivity contribution in [2.24, 2.45) is 0 Å². The molecular formula is C41H41N3O7. The second-order valence-corrected chi connectivity index (χ2v) is 12.4. The van der Waals surface area contributed by atoms with Crippen molar-refractivity contribution in [2.75, 3.05) is 19.0 Å². The van der Waals surface area contributed by atoms with Gasteiger partial charge in [0.15, 0.2) is 11.5 Å². The van der Waals surface area contributed by atoms with Crippen LogP contribution in [0, 0.1) is 0 Å². The van der Waals surface area contributed by atoms with Gasteiger partial charge in [-0.15, -0.1) is 0 Å². The Kier molecular flexibility index (Phi) is 11.8. The quantitative estimate of drug-likeness (QED) is 0.0849. The van der Waals surface area contributed by atoms with Crippen LogP contribution in [0.3, 0.4) is 0 Å². The summed E-state index contributed by atoms with van der Waals surface area (Å²) >= 11 is 0. The molecule has 6 rings (SSSR count). The van der Waals surface area contributed by atoms with Crippen molar-refractivity contribution in [1.82, 2.24) is 10.3 Å². The van der Waals surface area contributed by atoms with Gasteiger partial charge in [0, 0.05) is 41.7 Å². The van der Waals surface area contributed by atoms with Gasteiger partial charge in [-0.3, -0.25) is 14.6 Å². The molecule has 1 saturated carbocycles. The average Bonchev–Trinajstić information content (AvgIpc) is 3.67. The maximum Gasteiger partial charge on any atom is 0.329 e. The topological polar surface area (TPSA) is 125 Å². The summed E-state index contributed by atoms with van der Waals surface area (Å²) in [6, 6.07) is 30.3. The minimum Gasteiger partial charge on any atom is -0.493 e. The van der Waals surface area contributed by atoms with Crippen LogP contribution in [0.5, 0.6) is 23.0 Å². The van der Waals surface area contributed by atoms with E-state index >= 15 is 0 Å². The molecule has 2 amide bonds. The third kappa shape index (κ3) is 9.63. The molecule has 5 aromatic rings. The van der Waals surface area contributed by atoms with Crippen LogP contribution in [0.2, 0.25) is 0 Å². The number of amides is 2. The van der Waals surface area contributed by atoms with Gasteiger partial charge in [-0.05, 0) is 86.2 Å². The molecule has 0 bridgehead atoms. The van der Waals surface area contributed by atoms with Crippen molar-refractivity contribution in [2.45, 2.75) is 57.1 Å². The Morgan fingerprint density at radius 3 is 2.29 bits per heavy atom. The number of hydrogen-bond acceptors (Lipinski definition) is 8. The van der Waals surface area contributed by atoms with Gasteiger partial charge in [0.2, 0.25) is 5.91 Å². The highest BCUT2D eigenvalue weighted by atomic mass is 16.5. The Morgan fingerprint density at radius 1 is 0.843 bits per heavy atom. The van der Waals surface area contributed by atoms with Gasteiger partial charge in [0.25, 0.3) is 5.91 Å². The van der Waals surface area contributed by atoms with E-state index < -0.39 is 12.0 Å². The van der Waals surface area contributed by atoms with Gasteiger partial charge in [-0.1, -0.05) is 48.5 Å². The maximum absolute atomic E-state index is 13.0. The number of fused-ring (bicyclic) bond motifs is 1. The van der Waals surface area contributed by atoms with E-state index in [1.807, 2.05) is 48.5 Å². The standard InChI is InChI=1S/C41H41N3O7/c1-48-37-26-33-34(42-23-22-36(33)50-32-20-18-30(19-21-32)43-40(46)29-13-6-3-7-14-29)27-38(37)49-24-10-17-39(45)44-35(25-28-11-4-2-5-12-28)41(47)51-31-15-8-9-16-31/h2-7,11-14,18-23,26-27,31,35H,8-10,15-17,24-25H2,1H3,(H,43,46)(H,44,45). The molecule has 1 aliphatic carbocycles. The second-order valence-electron chi connectivity index (χ2n) is 12.4. The molecule has 10 heteroatoms. The number of benzene rings is 4. The predicted molar refractivity (Wildman–Crippen MR) is 194 cm³/mol. The molecule has 4 aromatic carbocycles. The Bertz CT molecular complexity index is 1930. The number of carbonyl (C=O) groups excluding carboxylic acids is 3. The largest absolute Gasteiger partial charge is 0.493 e. The highest BCUT2D eigenvalue weighted by Gasteiger charge is 2.27. The van der Waals surface area contributed by atoms with Gasteiger partial charge < -0.3 is 29.6 Å². The number of nitrogens with zero attached hydrogens (tertiary/aromatic N) is 1. The predicted octanol–water partition coefficient (Wildman–Crippen LogP) is 7.66. The first-order valence-electron chi connectivity index (χ1n) is 17.2. The first kappa shape index (κ1) is 34.9. The number of anilines is 1. The van der Waals surface area contributed by atoms with Crippen LogP contribution in [-0.2, 0) is 20.7 Å². The van der Waals surface area contributed by atoms with Gasteiger partial charge in [-0.2, -0.15) is 0 Å². The summed E-state index contributed by atoms with van der Waals surface area (Å²) in [7, 11) is 1.55. The molecule has 0 radical (unpaired) electrons. The Labute approximate surface area is 297 Å². The number of nitrogens with one attached hydrogen (secondary N) is 2. The van der Waals surface area contributed by atoms with Crippen LogP contribution in [0.25, 0.3) is 10.9 Å². The highest BCUT2D eigenvalue weighted by molar-refractivity contribution is 6.04. The van der Waals surface area contributed by atoms with Crippen LogP contribution >= 0.6 is 0 Å². The molecule has 1 aliphatic rings. The van der Waals surface area contributed by atoms with Crippen LogP contribution in [0.4, 0.5) is 5.69 Å². The third-order valence-electron chi connectivity index (χ3n) is 8.66. The second kappa shape index (κ2) is 17.2. The van der Waals surface area contributed by atoms with Crippen molar-refractivity contribution < 1.29 is 33.3 Å². The first-order valence-corrected chi connectivity index (χ1v) is 17.2. The summed E-state index contributed by atoms with van der Waals surface area (Å²) in [4.78, 5) is 43.0. The summed E-state index contributed by atoms with van der Waals surface area (Å²) in [6.45, 7) is 0.245. The van der Waals surface area contributed by atoms with Gasteiger partial charge in [0.05, 0.1) is 19.2 Å². The zero-order valence-electron chi connectivity index (χ0n) is 28.5. The number of methoxy groups -OCH3 is 1. The van der Waals surface area contributed by atoms with E-state index in [0.29, 0.717) is 52.6 Å². The average molecular weight is 688 g/mol. The Hall–Kier alpha value is -5.90. The monoisotopic (exact) mass is 687 g/mol. The van der Waals surface area contributed by atoms with E-state index in [1.54, 1.807) is 67.9 Å². The highest BCUT2D eigenvalue weighted by Crippen LogP contribution is 2.37. The van der Waals surface area contributed by atoms with Crippen LogP contribution in [0.15, 0.2) is 109 Å². The van der Waals surface area contributed by atoms with E-state index in [1.165, 1.54) is 0 Å². The summed E-state index contributed by atoms with van der Waals surface area (Å²) < 4.78 is 23.6. The normalized spacial score (nSPS) is 13.3. The maximum atomic E-state index is 13.0. The van der Waals surface area contributed by atoms with Crippen molar-refractivity contribution >= 4 is 34.4 Å². The van der Waals surface area contributed by atoms with Crippen LogP contribution in [-0.4, -0.2) is 48.6 Å². The number of rotatable bonds is 15. The number of carbonyl (C=O) groups is 3. The lowest BCUT2D eigenvalue weighted by molar-refractivity contribution is -0.152. The zero-order valence-corrected chi connectivity index (χ0v) is 28.5. The van der Waals surface area contributed by atoms with E-state index in [9.17, 15) is 14.4 Å². The summed E-state index contributed by atoms with van der Waals surface area (Å²) in [5, 5.41) is 6.50. The molecule has 1 atom stereocenters. The minimum absolute atomic E-state index is 0.0809. The van der Waals surface area contributed by atoms with E-state index in [4.69, 9.17) is 18.9 Å². The van der Waals surface area contributed by atoms with Crippen molar-refractivity contribution in [3.05, 3.63) is 120 Å². The molecule has 0 spiro atoms. The number of ether oxygens (including phenoxy) is 4. The van der Waals surface area contributed by atoms with Crippen LogP contribution in [0.1, 0.15) is 54.4 Å². The number of pyridine rings is 1. The summed E-state index contributed by atoms with van der Waals surface area (Å²) in [6.07, 6.45) is 6.34. The Balaban J connectivity index is 1.04. The molecule has 0 aliphatic heterocycles. The SMILES string of the molecule is COc1cc2c(Oc3ccc(NC(=O)c4ccccc4)cc3)ccnc2cc1OCCCC(=O)NC(Cc1ccccc1)C(=O)OC1CCCC1. The van der Waals surface area contributed by atoms with Crippen molar-refractivity contribution in [3.63, 3.8) is 0 Å². The molecular weight excluding hydrogens is 646 g/mol. The molecule has 1 fully saturated rings. The van der Waals surface area contributed by atoms with Gasteiger partial charge in [0.1, 0.15) is 23.6 Å². The molecule has 2 N–H and O–H groups in total. The number of hydrogen-bond donors (Lipinski definition) is 2. The van der Waals surface area contributed by atoms with E-state index in [2.05, 4.69) is 15.6 Å². The number of esters is 1. The summed E-state index contributed by atoms with van der Waals surface area (Å²) in [5.74, 6) is 1.29. The fourth-order valence-electron chi connectivity index (χ4n) is 5.99. The molecule has 10 nitrogen and oxygen atoms in total. The minimum atomic E-state index is -0.761. The van der Waals surface area contributed by atoms with Gasteiger partial charge >= 0.3 is 5.97 Å². The molecule has 1 aromatic heterocycles. The first-order chi connectivity index (χ1) is 24.9.